The Bertz CT molecular complexity index is 1010. The van der Waals surface area contributed by atoms with E-state index in [1.807, 2.05) is 21.6 Å². The van der Waals surface area contributed by atoms with Gasteiger partial charge in [-0.25, -0.2) is 0 Å². The van der Waals surface area contributed by atoms with Crippen LogP contribution in [0.5, 0.6) is 0 Å². The minimum Gasteiger partial charge on any atom is -0.465 e. The van der Waals surface area contributed by atoms with Crippen LogP contribution < -0.4 is 0 Å². The summed E-state index contributed by atoms with van der Waals surface area (Å²) in [6.07, 6.45) is 45.4. The molecule has 0 radical (unpaired) electrons. The van der Waals surface area contributed by atoms with Gasteiger partial charge in [0.1, 0.15) is 6.29 Å². The van der Waals surface area contributed by atoms with E-state index < -0.39 is 0 Å². The van der Waals surface area contributed by atoms with E-state index in [2.05, 4.69) is 58.5 Å². The maximum Gasteiger partial charge on any atom is 0.305 e. The van der Waals surface area contributed by atoms with Crippen LogP contribution >= 0.6 is 21.6 Å². The molecule has 0 aliphatic rings. The summed E-state index contributed by atoms with van der Waals surface area (Å²) in [6, 6.07) is 0.541. The molecule has 0 aromatic rings. The molecule has 0 aliphatic heterocycles. The van der Waals surface area contributed by atoms with Crippen molar-refractivity contribution in [2.75, 3.05) is 72.2 Å². The lowest BCUT2D eigenvalue weighted by Crippen LogP contribution is -2.37. The van der Waals surface area contributed by atoms with Crippen molar-refractivity contribution in [3.8, 4) is 0 Å². The number of carbonyl (C=O) groups is 3. The van der Waals surface area contributed by atoms with Crippen LogP contribution in [0.4, 0.5) is 0 Å². The molecule has 2 atom stereocenters. The first-order valence-electron chi connectivity index (χ1n) is 30.1. The van der Waals surface area contributed by atoms with Gasteiger partial charge in [0.2, 0.25) is 0 Å². The number of unbranched alkanes of at least 4 members (excludes halogenated alkanes) is 21. The zero-order chi connectivity index (χ0) is 51.8. The second kappa shape index (κ2) is 59.1. The molecule has 0 rings (SSSR count). The fourth-order valence-electron chi connectivity index (χ4n) is 9.20. The van der Waals surface area contributed by atoms with Gasteiger partial charge in [-0.15, -0.1) is 0 Å². The minimum absolute atomic E-state index is 0.00142. The zero-order valence-corrected chi connectivity index (χ0v) is 49.6. The van der Waals surface area contributed by atoms with Crippen LogP contribution in [0.15, 0.2) is 0 Å². The number of hydrogen-bond donors (Lipinski definition) is 0. The lowest BCUT2D eigenvalue weighted by atomic mass is 9.96. The van der Waals surface area contributed by atoms with Gasteiger partial charge in [-0.2, -0.15) is 0 Å². The molecule has 8 nitrogen and oxygen atoms in total. The largest absolute Gasteiger partial charge is 0.465 e. The molecule has 2 unspecified atom stereocenters. The van der Waals surface area contributed by atoms with Gasteiger partial charge < -0.3 is 23.9 Å². The summed E-state index contributed by atoms with van der Waals surface area (Å²) >= 11 is 0. The average Bonchev–Trinajstić information content (AvgIpc) is 3.35. The molecular formula is C60H120N2O6S2. The SMILES string of the molecule is CCCCCCC(CCCC)COC(=O)CCCCCCCCC(CCCCCCCCC(=O)OCC(CCCC)CCCCCC)N(CCC=O)CCCCN(C)C.CCCCCSSCCOC. The number of ether oxygens (including phenoxy) is 3. The van der Waals surface area contributed by atoms with Gasteiger partial charge in [0.15, 0.2) is 0 Å². The monoisotopic (exact) mass is 1030 g/mol. The number of methoxy groups -OCH3 is 1. The lowest BCUT2D eigenvalue weighted by molar-refractivity contribution is -0.146. The highest BCUT2D eigenvalue weighted by Crippen LogP contribution is 2.24. The first-order chi connectivity index (χ1) is 34.2. The number of rotatable bonds is 55. The van der Waals surface area contributed by atoms with E-state index in [1.165, 1.54) is 205 Å². The second-order valence-corrected chi connectivity index (χ2v) is 23.6. The minimum atomic E-state index is -0.00142. The molecule has 0 aliphatic carbocycles. The normalized spacial score (nSPS) is 12.8. The number of esters is 2. The summed E-state index contributed by atoms with van der Waals surface area (Å²) in [6.45, 7) is 16.4. The van der Waals surface area contributed by atoms with Crippen molar-refractivity contribution in [2.45, 2.75) is 285 Å². The molecule has 10 heteroatoms. The van der Waals surface area contributed by atoms with Crippen LogP contribution in [0.2, 0.25) is 0 Å². The third-order valence-corrected chi connectivity index (χ3v) is 16.3. The number of hydrogen-bond acceptors (Lipinski definition) is 10. The lowest BCUT2D eigenvalue weighted by Gasteiger charge is -2.32. The molecule has 0 saturated heterocycles. The van der Waals surface area contributed by atoms with Gasteiger partial charge in [-0.1, -0.05) is 210 Å². The molecule has 0 bridgehead atoms. The maximum atomic E-state index is 12.5. The molecule has 418 valence electrons. The van der Waals surface area contributed by atoms with Crippen molar-refractivity contribution >= 4 is 39.8 Å². The summed E-state index contributed by atoms with van der Waals surface area (Å²) < 4.78 is 16.4. The highest BCUT2D eigenvalue weighted by molar-refractivity contribution is 8.76. The number of carbonyl (C=O) groups excluding carboxylic acids is 3. The van der Waals surface area contributed by atoms with Crippen molar-refractivity contribution in [2.24, 2.45) is 11.8 Å². The Kier molecular flexibility index (Phi) is 60.1. The Labute approximate surface area is 444 Å². The third kappa shape index (κ3) is 53.5. The predicted molar refractivity (Wildman–Crippen MR) is 309 cm³/mol. The van der Waals surface area contributed by atoms with Crippen LogP contribution in [-0.2, 0) is 28.6 Å². The first-order valence-corrected chi connectivity index (χ1v) is 32.6. The fraction of sp³-hybridized carbons (Fsp3) is 0.950. The molecular weight excluding hydrogens is 909 g/mol. The van der Waals surface area contributed by atoms with Crippen LogP contribution in [0.1, 0.15) is 279 Å². The predicted octanol–water partition coefficient (Wildman–Crippen LogP) is 17.7. The Hall–Kier alpha value is -0.810. The fourth-order valence-corrected chi connectivity index (χ4v) is 11.3. The third-order valence-electron chi connectivity index (χ3n) is 13.8. The summed E-state index contributed by atoms with van der Waals surface area (Å²) in [5.74, 6) is 3.47. The van der Waals surface area contributed by atoms with Gasteiger partial charge in [-0.3, -0.25) is 14.5 Å². The van der Waals surface area contributed by atoms with Crippen molar-refractivity contribution in [3.63, 3.8) is 0 Å². The topological polar surface area (TPSA) is 85.4 Å². The van der Waals surface area contributed by atoms with Gasteiger partial charge in [0.05, 0.1) is 19.8 Å². The van der Waals surface area contributed by atoms with Gasteiger partial charge in [0, 0.05) is 50.5 Å². The highest BCUT2D eigenvalue weighted by atomic mass is 33.1. The Morgan fingerprint density at radius 2 is 0.857 bits per heavy atom. The van der Waals surface area contributed by atoms with E-state index in [0.717, 1.165) is 64.0 Å². The molecule has 0 fully saturated rings. The number of aldehydes is 1. The molecule has 70 heavy (non-hydrogen) atoms. The Balaban J connectivity index is 0. The first kappa shape index (κ1) is 71.3. The van der Waals surface area contributed by atoms with Crippen LogP contribution in [-0.4, -0.2) is 106 Å². The van der Waals surface area contributed by atoms with Crippen molar-refractivity contribution in [1.29, 1.82) is 0 Å². The van der Waals surface area contributed by atoms with E-state index in [-0.39, 0.29) is 11.9 Å². The highest BCUT2D eigenvalue weighted by Gasteiger charge is 2.18. The van der Waals surface area contributed by atoms with Crippen molar-refractivity contribution in [3.05, 3.63) is 0 Å². The summed E-state index contributed by atoms with van der Waals surface area (Å²) in [5.41, 5.74) is 0. The Morgan fingerprint density at radius 3 is 1.31 bits per heavy atom. The smallest absolute Gasteiger partial charge is 0.305 e. The van der Waals surface area contributed by atoms with Crippen molar-refractivity contribution in [1.82, 2.24) is 9.80 Å². The maximum absolute atomic E-state index is 12.5. The molecule has 0 spiro atoms. The van der Waals surface area contributed by atoms with Gasteiger partial charge in [-0.05, 0) is 110 Å². The van der Waals surface area contributed by atoms with Gasteiger partial charge in [0.25, 0.3) is 0 Å². The molecule has 0 aromatic heterocycles. The summed E-state index contributed by atoms with van der Waals surface area (Å²) in [7, 11) is 9.93. The average molecular weight is 1030 g/mol. The van der Waals surface area contributed by atoms with E-state index in [4.69, 9.17) is 14.2 Å². The van der Waals surface area contributed by atoms with Gasteiger partial charge >= 0.3 is 11.9 Å². The number of nitrogens with zero attached hydrogens (tertiary/aromatic N) is 2. The van der Waals surface area contributed by atoms with E-state index in [0.29, 0.717) is 50.4 Å². The summed E-state index contributed by atoms with van der Waals surface area (Å²) in [5, 5.41) is 0. The van der Waals surface area contributed by atoms with Crippen LogP contribution in [0.25, 0.3) is 0 Å². The standard InChI is InChI=1S/C52H102N2O5.C8H18OS2/c1-7-11-15-25-36-48(34-13-9-3)46-58-51(56)40-29-23-19-17-21-27-38-50(54(44-33-45-55)43-32-31-42-53(5)6)39-28-22-18-20-24-30-41-52(57)59-47-49(35-14-10-4)37-26-16-12-8-2;1-3-4-5-7-10-11-8-6-9-2/h45,48-50H,7-44,46-47H2,1-6H3;3-8H2,1-2H3. The molecule has 0 heterocycles. The molecule has 0 amide bonds. The Morgan fingerprint density at radius 1 is 0.457 bits per heavy atom. The zero-order valence-electron chi connectivity index (χ0n) is 48.0. The van der Waals surface area contributed by atoms with Crippen LogP contribution in [0, 0.1) is 11.8 Å². The van der Waals surface area contributed by atoms with E-state index >= 15 is 0 Å². The molecule has 0 saturated carbocycles. The van der Waals surface area contributed by atoms with E-state index in [9.17, 15) is 14.4 Å². The quantitative estimate of drug-likeness (QED) is 0.0254. The van der Waals surface area contributed by atoms with Crippen molar-refractivity contribution < 1.29 is 28.6 Å². The second-order valence-electron chi connectivity index (χ2n) is 20.9. The van der Waals surface area contributed by atoms with Crippen LogP contribution in [0.3, 0.4) is 0 Å². The van der Waals surface area contributed by atoms with E-state index in [1.54, 1.807) is 7.11 Å². The molecule has 0 aromatic carbocycles. The summed E-state index contributed by atoms with van der Waals surface area (Å²) in [4.78, 5) is 41.4. The molecule has 0 N–H and O–H groups in total.